The number of rotatable bonds is 8. The Hall–Kier alpha value is -1.93. The number of carbonyl (C=O) groups excluding carboxylic acids is 1. The molecular formula is C17H27N3O4Si. The average Bonchev–Trinajstić information content (AvgIpc) is 2.82. The van der Waals surface area contributed by atoms with Crippen molar-refractivity contribution in [2.75, 3.05) is 13.2 Å². The number of carbonyl (C=O) groups is 1. The van der Waals surface area contributed by atoms with Gasteiger partial charge >= 0.3 is 5.97 Å². The summed E-state index contributed by atoms with van der Waals surface area (Å²) in [6.45, 7) is 11.6. The summed E-state index contributed by atoms with van der Waals surface area (Å²) in [4.78, 5) is 24.3. The summed E-state index contributed by atoms with van der Waals surface area (Å²) in [5.74, 6) is -0.332. The normalized spacial score (nSPS) is 11.9. The maximum atomic E-state index is 12.6. The third-order valence-electron chi connectivity index (χ3n) is 3.93. The molecule has 0 aliphatic carbocycles. The first kappa shape index (κ1) is 19.4. The quantitative estimate of drug-likeness (QED) is 0.408. The van der Waals surface area contributed by atoms with Gasteiger partial charge in [0.25, 0.3) is 5.56 Å². The van der Waals surface area contributed by atoms with Crippen molar-refractivity contribution in [3.05, 3.63) is 28.3 Å². The molecule has 2 aromatic heterocycles. The molecule has 2 heterocycles. The Morgan fingerprint density at radius 1 is 1.32 bits per heavy atom. The maximum Gasteiger partial charge on any atom is 0.325 e. The Kier molecular flexibility index (Phi) is 6.18. The van der Waals surface area contributed by atoms with Crippen LogP contribution < -0.4 is 5.56 Å². The van der Waals surface area contributed by atoms with E-state index in [1.807, 2.05) is 6.92 Å². The fourth-order valence-electron chi connectivity index (χ4n) is 2.49. The van der Waals surface area contributed by atoms with Crippen LogP contribution >= 0.6 is 0 Å². The summed E-state index contributed by atoms with van der Waals surface area (Å²) in [6.07, 6.45) is 1.60. The van der Waals surface area contributed by atoms with Crippen LogP contribution in [0.5, 0.6) is 0 Å². The number of nitrogens with zero attached hydrogens (tertiary/aromatic N) is 3. The number of aryl methyl sites for hydroxylation is 1. The molecule has 0 N–H and O–H groups in total. The van der Waals surface area contributed by atoms with Gasteiger partial charge in [-0.2, -0.15) is 5.10 Å². The molecule has 2 aromatic rings. The van der Waals surface area contributed by atoms with Crippen molar-refractivity contribution >= 4 is 24.9 Å². The Bertz CT molecular complexity index is 805. The van der Waals surface area contributed by atoms with Crippen LogP contribution in [0.4, 0.5) is 0 Å². The molecule has 0 radical (unpaired) electrons. The Balaban J connectivity index is 2.17. The van der Waals surface area contributed by atoms with Crippen molar-refractivity contribution in [3.63, 3.8) is 0 Å². The third kappa shape index (κ3) is 5.02. The van der Waals surface area contributed by atoms with Crippen LogP contribution in [0.3, 0.4) is 0 Å². The molecule has 138 valence electrons. The lowest BCUT2D eigenvalue weighted by atomic mass is 10.3. The molecule has 0 aromatic carbocycles. The van der Waals surface area contributed by atoms with Gasteiger partial charge in [-0.25, -0.2) is 4.68 Å². The van der Waals surface area contributed by atoms with E-state index in [0.29, 0.717) is 24.1 Å². The Morgan fingerprint density at radius 3 is 2.68 bits per heavy atom. The van der Waals surface area contributed by atoms with Crippen LogP contribution in [0.15, 0.2) is 17.1 Å². The van der Waals surface area contributed by atoms with E-state index in [4.69, 9.17) is 9.47 Å². The lowest BCUT2D eigenvalue weighted by Gasteiger charge is -2.15. The van der Waals surface area contributed by atoms with Gasteiger partial charge in [0.2, 0.25) is 0 Å². The predicted octanol–water partition coefficient (Wildman–Crippen LogP) is 2.38. The lowest BCUT2D eigenvalue weighted by molar-refractivity contribution is -0.143. The van der Waals surface area contributed by atoms with Gasteiger partial charge in [0.15, 0.2) is 0 Å². The van der Waals surface area contributed by atoms with Crippen molar-refractivity contribution < 1.29 is 14.3 Å². The van der Waals surface area contributed by atoms with E-state index in [0.717, 1.165) is 11.7 Å². The smallest absolute Gasteiger partial charge is 0.325 e. The van der Waals surface area contributed by atoms with Crippen molar-refractivity contribution in [2.24, 2.45) is 0 Å². The predicted molar refractivity (Wildman–Crippen MR) is 99.5 cm³/mol. The standard InChI is InChI=1S/C17H27N3O4Si/c1-6-24-16(21)11-19-13(2)9-14-15(19)10-18-20(17(14)22)12-23-7-8-25(3,4)5/h9-10H,6-8,11-12H2,1-5H3. The summed E-state index contributed by atoms with van der Waals surface area (Å²) < 4.78 is 13.7. The van der Waals surface area contributed by atoms with Crippen LogP contribution in [0, 0.1) is 6.92 Å². The summed E-state index contributed by atoms with van der Waals surface area (Å²) >= 11 is 0. The van der Waals surface area contributed by atoms with E-state index in [-0.39, 0.29) is 24.8 Å². The summed E-state index contributed by atoms with van der Waals surface area (Å²) in [6, 6.07) is 2.82. The first-order valence-corrected chi connectivity index (χ1v) is 12.2. The van der Waals surface area contributed by atoms with Crippen LogP contribution in [-0.2, 0) is 27.5 Å². The fraction of sp³-hybridized carbons (Fsp3) is 0.588. The van der Waals surface area contributed by atoms with Gasteiger partial charge in [-0.1, -0.05) is 19.6 Å². The van der Waals surface area contributed by atoms with Crippen molar-refractivity contribution in [1.82, 2.24) is 14.3 Å². The van der Waals surface area contributed by atoms with Gasteiger partial charge < -0.3 is 14.0 Å². The van der Waals surface area contributed by atoms with Crippen molar-refractivity contribution in [1.29, 1.82) is 0 Å². The molecular weight excluding hydrogens is 338 g/mol. The molecule has 0 fully saturated rings. The largest absolute Gasteiger partial charge is 0.465 e. The molecule has 0 amide bonds. The second kappa shape index (κ2) is 7.96. The molecule has 8 heteroatoms. The molecule has 0 bridgehead atoms. The summed E-state index contributed by atoms with van der Waals surface area (Å²) in [5, 5.41) is 4.72. The van der Waals surface area contributed by atoms with Crippen LogP contribution in [0.1, 0.15) is 12.6 Å². The Morgan fingerprint density at radius 2 is 2.04 bits per heavy atom. The van der Waals surface area contributed by atoms with Crippen LogP contribution in [0.25, 0.3) is 10.9 Å². The van der Waals surface area contributed by atoms with Crippen molar-refractivity contribution in [2.45, 2.75) is 52.8 Å². The third-order valence-corrected chi connectivity index (χ3v) is 5.64. The number of hydrogen-bond acceptors (Lipinski definition) is 5. The average molecular weight is 366 g/mol. The number of ether oxygens (including phenoxy) is 2. The van der Waals surface area contributed by atoms with E-state index in [1.165, 1.54) is 4.68 Å². The number of hydrogen-bond donors (Lipinski definition) is 0. The zero-order valence-electron chi connectivity index (χ0n) is 15.7. The number of aromatic nitrogens is 3. The molecule has 0 saturated carbocycles. The minimum absolute atomic E-state index is 0.0705. The van der Waals surface area contributed by atoms with Crippen molar-refractivity contribution in [3.8, 4) is 0 Å². The van der Waals surface area contributed by atoms with Gasteiger partial charge in [0.1, 0.15) is 13.3 Å². The number of fused-ring (bicyclic) bond motifs is 1. The topological polar surface area (TPSA) is 75.3 Å². The van der Waals surface area contributed by atoms with E-state index in [2.05, 4.69) is 24.7 Å². The Labute approximate surface area is 148 Å². The zero-order valence-corrected chi connectivity index (χ0v) is 16.7. The van der Waals surface area contributed by atoms with E-state index >= 15 is 0 Å². The highest BCUT2D eigenvalue weighted by molar-refractivity contribution is 6.76. The first-order chi connectivity index (χ1) is 11.7. The molecule has 25 heavy (non-hydrogen) atoms. The fourth-order valence-corrected chi connectivity index (χ4v) is 3.25. The summed E-state index contributed by atoms with van der Waals surface area (Å²) in [5.41, 5.74) is 1.24. The molecule has 0 aliphatic rings. The maximum absolute atomic E-state index is 12.6. The van der Waals surface area contributed by atoms with E-state index in [1.54, 1.807) is 23.8 Å². The molecule has 0 saturated heterocycles. The lowest BCUT2D eigenvalue weighted by Crippen LogP contribution is -2.26. The van der Waals surface area contributed by atoms with Crippen LogP contribution in [0.2, 0.25) is 25.7 Å². The minimum atomic E-state index is -1.16. The SMILES string of the molecule is CCOC(=O)Cn1c(C)cc2c(=O)n(COCC[Si](C)(C)C)ncc21. The van der Waals surface area contributed by atoms with Gasteiger partial charge in [-0.15, -0.1) is 0 Å². The van der Waals surface area contributed by atoms with E-state index in [9.17, 15) is 9.59 Å². The molecule has 2 rings (SSSR count). The first-order valence-electron chi connectivity index (χ1n) is 8.52. The highest BCUT2D eigenvalue weighted by Crippen LogP contribution is 2.15. The van der Waals surface area contributed by atoms with E-state index < -0.39 is 8.07 Å². The van der Waals surface area contributed by atoms with Gasteiger partial charge in [0, 0.05) is 20.4 Å². The zero-order chi connectivity index (χ0) is 18.6. The molecule has 0 spiro atoms. The molecule has 0 atom stereocenters. The monoisotopic (exact) mass is 365 g/mol. The van der Waals surface area contributed by atoms with Gasteiger partial charge in [-0.05, 0) is 26.0 Å². The summed E-state index contributed by atoms with van der Waals surface area (Å²) in [7, 11) is -1.16. The second-order valence-electron chi connectivity index (χ2n) is 7.27. The molecule has 0 unspecified atom stereocenters. The highest BCUT2D eigenvalue weighted by atomic mass is 28.3. The minimum Gasteiger partial charge on any atom is -0.465 e. The van der Waals surface area contributed by atoms with Crippen LogP contribution in [-0.4, -0.2) is 41.6 Å². The van der Waals surface area contributed by atoms with Gasteiger partial charge in [0.05, 0.1) is 23.7 Å². The molecule has 7 nitrogen and oxygen atoms in total. The second-order valence-corrected chi connectivity index (χ2v) is 12.9. The molecule has 0 aliphatic heterocycles. The van der Waals surface area contributed by atoms with Gasteiger partial charge in [-0.3, -0.25) is 9.59 Å². The number of esters is 1. The highest BCUT2D eigenvalue weighted by Gasteiger charge is 2.15.